The van der Waals surface area contributed by atoms with E-state index in [1.54, 1.807) is 20.8 Å². The third-order valence-corrected chi connectivity index (χ3v) is 5.42. The topological polar surface area (TPSA) is 75.3 Å². The molecule has 0 bridgehead atoms. The molecule has 0 unspecified atom stereocenters. The van der Waals surface area contributed by atoms with Gasteiger partial charge in [0.25, 0.3) is 5.91 Å². The summed E-state index contributed by atoms with van der Waals surface area (Å²) >= 11 is 0. The third kappa shape index (κ3) is 4.32. The van der Waals surface area contributed by atoms with Gasteiger partial charge in [-0.1, -0.05) is 0 Å². The number of hydrogen-bond donors (Lipinski definition) is 2. The van der Waals surface area contributed by atoms with Crippen molar-refractivity contribution < 1.29 is 17.6 Å². The number of benzene rings is 2. The molecule has 0 fully saturated rings. The summed E-state index contributed by atoms with van der Waals surface area (Å²) in [5.74, 6) is -0.754. The van der Waals surface area contributed by atoms with Crippen molar-refractivity contribution in [3.8, 4) is 0 Å². The Bertz CT molecular complexity index is 824. The predicted molar refractivity (Wildman–Crippen MR) is 93.1 cm³/mol. The van der Waals surface area contributed by atoms with Gasteiger partial charge in [-0.15, -0.1) is 0 Å². The number of rotatable bonds is 4. The van der Waals surface area contributed by atoms with E-state index < -0.39 is 14.8 Å². The van der Waals surface area contributed by atoms with E-state index in [9.17, 15) is 17.6 Å². The summed E-state index contributed by atoms with van der Waals surface area (Å²) < 4.78 is 38.6. The van der Waals surface area contributed by atoms with Crippen molar-refractivity contribution in [2.45, 2.75) is 25.5 Å². The van der Waals surface area contributed by atoms with Crippen LogP contribution in [-0.4, -0.2) is 19.1 Å². The Labute approximate surface area is 141 Å². The number of hydrogen-bond acceptors (Lipinski definition) is 3. The number of carbonyl (C=O) groups excluding carboxylic acids is 1. The number of nitrogens with one attached hydrogen (secondary N) is 2. The van der Waals surface area contributed by atoms with E-state index in [0.717, 1.165) is 0 Å². The van der Waals surface area contributed by atoms with Crippen molar-refractivity contribution in [3.63, 3.8) is 0 Å². The van der Waals surface area contributed by atoms with Gasteiger partial charge in [-0.05, 0) is 69.3 Å². The lowest BCUT2D eigenvalue weighted by molar-refractivity contribution is 0.102. The van der Waals surface area contributed by atoms with Gasteiger partial charge < -0.3 is 5.32 Å². The fourth-order valence-electron chi connectivity index (χ4n) is 1.73. The van der Waals surface area contributed by atoms with E-state index in [0.29, 0.717) is 16.9 Å². The predicted octanol–water partition coefficient (Wildman–Crippen LogP) is 3.62. The first-order valence-electron chi connectivity index (χ1n) is 7.28. The Morgan fingerprint density at radius 2 is 1.42 bits per heavy atom. The molecule has 128 valence electrons. The van der Waals surface area contributed by atoms with Gasteiger partial charge in [0.05, 0.1) is 4.75 Å². The van der Waals surface area contributed by atoms with Crippen molar-refractivity contribution in [2.75, 3.05) is 10.0 Å². The van der Waals surface area contributed by atoms with Gasteiger partial charge in [0, 0.05) is 16.9 Å². The maximum absolute atomic E-state index is 12.8. The minimum atomic E-state index is -3.52. The van der Waals surface area contributed by atoms with Crippen LogP contribution >= 0.6 is 0 Å². The number of anilines is 2. The van der Waals surface area contributed by atoms with Crippen LogP contribution in [0.4, 0.5) is 15.8 Å². The zero-order valence-corrected chi connectivity index (χ0v) is 14.4. The summed E-state index contributed by atoms with van der Waals surface area (Å²) in [4.78, 5) is 12.1. The van der Waals surface area contributed by atoms with Crippen LogP contribution in [-0.2, 0) is 10.0 Å². The first-order chi connectivity index (χ1) is 11.1. The normalized spacial score (nSPS) is 11.8. The van der Waals surface area contributed by atoms with Gasteiger partial charge in [0.2, 0.25) is 10.0 Å². The molecule has 0 radical (unpaired) electrons. The molecule has 2 aromatic rings. The summed E-state index contributed by atoms with van der Waals surface area (Å²) in [6.07, 6.45) is 0. The summed E-state index contributed by atoms with van der Waals surface area (Å²) in [5, 5.41) is 2.63. The van der Waals surface area contributed by atoms with Crippen LogP contribution in [0, 0.1) is 5.82 Å². The van der Waals surface area contributed by atoms with E-state index in [-0.39, 0.29) is 11.7 Å². The third-order valence-electron chi connectivity index (χ3n) is 3.31. The largest absolute Gasteiger partial charge is 0.322 e. The molecular weight excluding hydrogens is 331 g/mol. The van der Waals surface area contributed by atoms with Gasteiger partial charge in [-0.2, -0.15) is 0 Å². The average Bonchev–Trinajstić information content (AvgIpc) is 2.49. The van der Waals surface area contributed by atoms with Gasteiger partial charge in [0.1, 0.15) is 5.82 Å². The first-order valence-corrected chi connectivity index (χ1v) is 8.76. The molecule has 0 aliphatic carbocycles. The first kappa shape index (κ1) is 17.9. The molecular formula is C17H19FN2O3S. The Balaban J connectivity index is 2.09. The minimum Gasteiger partial charge on any atom is -0.322 e. The van der Waals surface area contributed by atoms with Crippen molar-refractivity contribution >= 4 is 27.3 Å². The maximum atomic E-state index is 12.8. The van der Waals surface area contributed by atoms with Crippen LogP contribution in [0.2, 0.25) is 0 Å². The van der Waals surface area contributed by atoms with E-state index >= 15 is 0 Å². The molecule has 0 aliphatic heterocycles. The second-order valence-electron chi connectivity index (χ2n) is 6.26. The van der Waals surface area contributed by atoms with Gasteiger partial charge in [-0.25, -0.2) is 12.8 Å². The molecule has 2 N–H and O–H groups in total. The molecule has 0 atom stereocenters. The Morgan fingerprint density at radius 3 is 1.92 bits per heavy atom. The molecule has 0 heterocycles. The Kier molecular flexibility index (Phi) is 4.94. The smallest absolute Gasteiger partial charge is 0.255 e. The molecule has 7 heteroatoms. The lowest BCUT2D eigenvalue weighted by Gasteiger charge is -2.20. The molecule has 24 heavy (non-hydrogen) atoms. The maximum Gasteiger partial charge on any atom is 0.255 e. The SMILES string of the molecule is CC(C)(C)S(=O)(=O)Nc1ccc(C(=O)Nc2ccc(F)cc2)cc1. The van der Waals surface area contributed by atoms with Crippen molar-refractivity contribution in [3.05, 3.63) is 59.9 Å². The lowest BCUT2D eigenvalue weighted by Crippen LogP contribution is -2.33. The van der Waals surface area contributed by atoms with E-state index in [1.807, 2.05) is 0 Å². The van der Waals surface area contributed by atoms with Gasteiger partial charge in [-0.3, -0.25) is 9.52 Å². The molecule has 2 rings (SSSR count). The van der Waals surface area contributed by atoms with Gasteiger partial charge in [0.15, 0.2) is 0 Å². The number of carbonyl (C=O) groups is 1. The van der Waals surface area contributed by atoms with Crippen LogP contribution in [0.5, 0.6) is 0 Å². The molecule has 0 aromatic heterocycles. The van der Waals surface area contributed by atoms with Crippen LogP contribution in [0.25, 0.3) is 0 Å². The molecule has 0 spiro atoms. The van der Waals surface area contributed by atoms with E-state index in [4.69, 9.17) is 0 Å². The second-order valence-corrected chi connectivity index (χ2v) is 8.69. The van der Waals surface area contributed by atoms with Crippen molar-refractivity contribution in [2.24, 2.45) is 0 Å². The monoisotopic (exact) mass is 350 g/mol. The highest BCUT2D eigenvalue weighted by Crippen LogP contribution is 2.20. The molecule has 2 aromatic carbocycles. The van der Waals surface area contributed by atoms with Crippen LogP contribution < -0.4 is 10.0 Å². The molecule has 0 aliphatic rings. The summed E-state index contributed by atoms with van der Waals surface area (Å²) in [7, 11) is -3.52. The van der Waals surface area contributed by atoms with Gasteiger partial charge >= 0.3 is 0 Å². The van der Waals surface area contributed by atoms with E-state index in [1.165, 1.54) is 48.5 Å². The molecule has 0 saturated heterocycles. The van der Waals surface area contributed by atoms with Crippen molar-refractivity contribution in [1.29, 1.82) is 0 Å². The number of amides is 1. The van der Waals surface area contributed by atoms with Crippen LogP contribution in [0.1, 0.15) is 31.1 Å². The Morgan fingerprint density at radius 1 is 0.917 bits per heavy atom. The standard InChI is InChI=1S/C17H19FN2O3S/c1-17(2,3)24(22,23)20-15-8-4-12(5-9-15)16(21)19-14-10-6-13(18)7-11-14/h4-11,20H,1-3H3,(H,19,21). The molecule has 0 saturated carbocycles. The number of sulfonamides is 1. The van der Waals surface area contributed by atoms with Crippen LogP contribution in [0.3, 0.4) is 0 Å². The fourth-order valence-corrected chi connectivity index (χ4v) is 2.49. The zero-order chi connectivity index (χ0) is 18.0. The summed E-state index contributed by atoms with van der Waals surface area (Å²) in [6.45, 7) is 4.79. The minimum absolute atomic E-state index is 0.359. The highest BCUT2D eigenvalue weighted by molar-refractivity contribution is 7.94. The number of halogens is 1. The highest BCUT2D eigenvalue weighted by Gasteiger charge is 2.28. The van der Waals surface area contributed by atoms with Crippen molar-refractivity contribution in [1.82, 2.24) is 0 Å². The fraction of sp³-hybridized carbons (Fsp3) is 0.235. The zero-order valence-electron chi connectivity index (χ0n) is 13.6. The highest BCUT2D eigenvalue weighted by atomic mass is 32.2. The average molecular weight is 350 g/mol. The Hall–Kier alpha value is -2.41. The molecule has 1 amide bonds. The summed E-state index contributed by atoms with van der Waals surface area (Å²) in [5.41, 5.74) is 1.21. The second kappa shape index (κ2) is 6.60. The quantitative estimate of drug-likeness (QED) is 0.884. The van der Waals surface area contributed by atoms with E-state index in [2.05, 4.69) is 10.0 Å². The summed E-state index contributed by atoms with van der Waals surface area (Å²) in [6, 6.07) is 11.5. The van der Waals surface area contributed by atoms with Crippen LogP contribution in [0.15, 0.2) is 48.5 Å². The molecule has 5 nitrogen and oxygen atoms in total. The lowest BCUT2D eigenvalue weighted by atomic mass is 10.2.